The Bertz CT molecular complexity index is 396. The van der Waals surface area contributed by atoms with Crippen LogP contribution in [0.1, 0.15) is 25.8 Å². The highest BCUT2D eigenvalue weighted by molar-refractivity contribution is 5.96. The molecule has 1 aromatic carbocycles. The molecule has 16 heavy (non-hydrogen) atoms. The third-order valence-corrected chi connectivity index (χ3v) is 2.78. The van der Waals surface area contributed by atoms with E-state index in [0.717, 1.165) is 19.4 Å². The summed E-state index contributed by atoms with van der Waals surface area (Å²) in [5.41, 5.74) is 8.63. The van der Waals surface area contributed by atoms with E-state index in [4.69, 9.17) is 5.73 Å². The van der Waals surface area contributed by atoms with E-state index in [9.17, 15) is 0 Å². The number of fused-ring (bicyclic) bond motifs is 1. The van der Waals surface area contributed by atoms with Crippen molar-refractivity contribution in [1.82, 2.24) is 0 Å². The van der Waals surface area contributed by atoms with Crippen LogP contribution in [0.4, 0.5) is 5.69 Å². The Labute approximate surface area is 97.0 Å². The molecule has 3 heteroatoms. The van der Waals surface area contributed by atoms with Gasteiger partial charge in [0.2, 0.25) is 0 Å². The number of nitrogens with two attached hydrogens (primary N) is 1. The first-order chi connectivity index (χ1) is 7.68. The quantitative estimate of drug-likeness (QED) is 0.578. The van der Waals surface area contributed by atoms with Crippen LogP contribution in [0.15, 0.2) is 29.3 Å². The van der Waals surface area contributed by atoms with E-state index in [0.29, 0.717) is 5.96 Å². The van der Waals surface area contributed by atoms with Crippen molar-refractivity contribution in [2.75, 3.05) is 11.4 Å². The molecule has 0 spiro atoms. The lowest BCUT2D eigenvalue weighted by Gasteiger charge is -2.30. The van der Waals surface area contributed by atoms with Crippen molar-refractivity contribution in [3.8, 4) is 0 Å². The molecule has 86 valence electrons. The van der Waals surface area contributed by atoms with Gasteiger partial charge in [0.1, 0.15) is 0 Å². The van der Waals surface area contributed by atoms with Crippen LogP contribution in [0.3, 0.4) is 0 Å². The zero-order valence-electron chi connectivity index (χ0n) is 9.98. The van der Waals surface area contributed by atoms with E-state index in [1.54, 1.807) is 0 Å². The molecule has 2 N–H and O–H groups in total. The van der Waals surface area contributed by atoms with Gasteiger partial charge in [-0.2, -0.15) is 0 Å². The van der Waals surface area contributed by atoms with Gasteiger partial charge in [-0.3, -0.25) is 4.99 Å². The van der Waals surface area contributed by atoms with Crippen molar-refractivity contribution in [3.05, 3.63) is 29.8 Å². The second kappa shape index (κ2) is 4.56. The van der Waals surface area contributed by atoms with Gasteiger partial charge in [0, 0.05) is 18.3 Å². The fraction of sp³-hybridized carbons (Fsp3) is 0.462. The predicted octanol–water partition coefficient (Wildman–Crippen LogP) is 2.16. The molecule has 3 nitrogen and oxygen atoms in total. The van der Waals surface area contributed by atoms with Crippen LogP contribution >= 0.6 is 0 Å². The van der Waals surface area contributed by atoms with Crippen LogP contribution in [0.25, 0.3) is 0 Å². The fourth-order valence-corrected chi connectivity index (χ4v) is 2.11. The number of benzene rings is 1. The third kappa shape index (κ3) is 2.18. The van der Waals surface area contributed by atoms with Crippen LogP contribution in [-0.2, 0) is 6.42 Å². The summed E-state index contributed by atoms with van der Waals surface area (Å²) in [7, 11) is 0. The lowest BCUT2D eigenvalue weighted by molar-refractivity contribution is 0.761. The molecule has 1 aromatic rings. The normalized spacial score (nSPS) is 16.4. The average molecular weight is 217 g/mol. The molecule has 1 aliphatic rings. The van der Waals surface area contributed by atoms with E-state index >= 15 is 0 Å². The summed E-state index contributed by atoms with van der Waals surface area (Å²) < 4.78 is 0. The van der Waals surface area contributed by atoms with Gasteiger partial charge >= 0.3 is 0 Å². The van der Waals surface area contributed by atoms with Gasteiger partial charge in [-0.25, -0.2) is 0 Å². The zero-order valence-corrected chi connectivity index (χ0v) is 9.98. The van der Waals surface area contributed by atoms with Gasteiger partial charge in [-0.1, -0.05) is 18.2 Å². The molecular formula is C13H19N3. The molecule has 2 rings (SSSR count). The zero-order chi connectivity index (χ0) is 11.5. The van der Waals surface area contributed by atoms with Gasteiger partial charge in [-0.05, 0) is 38.3 Å². The maximum absolute atomic E-state index is 6.04. The molecule has 0 saturated carbocycles. The van der Waals surface area contributed by atoms with Crippen molar-refractivity contribution in [2.24, 2.45) is 10.7 Å². The lowest BCUT2D eigenvalue weighted by Crippen LogP contribution is -2.41. The van der Waals surface area contributed by atoms with E-state index < -0.39 is 0 Å². The highest BCUT2D eigenvalue weighted by Crippen LogP contribution is 2.26. The van der Waals surface area contributed by atoms with Crippen LogP contribution in [0.5, 0.6) is 0 Å². The van der Waals surface area contributed by atoms with Crippen molar-refractivity contribution in [3.63, 3.8) is 0 Å². The van der Waals surface area contributed by atoms with E-state index in [1.807, 2.05) is 13.8 Å². The second-order valence-corrected chi connectivity index (χ2v) is 4.46. The Morgan fingerprint density at radius 2 is 2.12 bits per heavy atom. The van der Waals surface area contributed by atoms with E-state index in [2.05, 4.69) is 34.2 Å². The number of hydrogen-bond acceptors (Lipinski definition) is 1. The molecule has 0 aromatic heterocycles. The maximum Gasteiger partial charge on any atom is 0.196 e. The van der Waals surface area contributed by atoms with E-state index in [-0.39, 0.29) is 6.04 Å². The molecule has 0 aliphatic carbocycles. The number of para-hydroxylation sites is 1. The van der Waals surface area contributed by atoms with Crippen molar-refractivity contribution >= 4 is 11.6 Å². The smallest absolute Gasteiger partial charge is 0.196 e. The summed E-state index contributed by atoms with van der Waals surface area (Å²) in [4.78, 5) is 6.54. The summed E-state index contributed by atoms with van der Waals surface area (Å²) >= 11 is 0. The first kappa shape index (κ1) is 11.0. The molecule has 0 radical (unpaired) electrons. The molecule has 0 unspecified atom stereocenters. The molecule has 0 bridgehead atoms. The van der Waals surface area contributed by atoms with Crippen LogP contribution < -0.4 is 10.6 Å². The molecule has 0 atom stereocenters. The van der Waals surface area contributed by atoms with Gasteiger partial charge in [0.25, 0.3) is 0 Å². The van der Waals surface area contributed by atoms with Crippen LogP contribution in [0.2, 0.25) is 0 Å². The first-order valence-corrected chi connectivity index (χ1v) is 5.87. The first-order valence-electron chi connectivity index (χ1n) is 5.87. The van der Waals surface area contributed by atoms with E-state index in [1.165, 1.54) is 11.3 Å². The minimum Gasteiger partial charge on any atom is -0.370 e. The van der Waals surface area contributed by atoms with Gasteiger partial charge in [-0.15, -0.1) is 0 Å². The Morgan fingerprint density at radius 1 is 1.38 bits per heavy atom. The monoisotopic (exact) mass is 217 g/mol. The average Bonchev–Trinajstić information content (AvgIpc) is 2.27. The highest BCUT2D eigenvalue weighted by atomic mass is 15.3. The molecule has 0 amide bonds. The topological polar surface area (TPSA) is 41.6 Å². The largest absolute Gasteiger partial charge is 0.370 e. The fourth-order valence-electron chi connectivity index (χ4n) is 2.11. The summed E-state index contributed by atoms with van der Waals surface area (Å²) in [5.74, 6) is 0.641. The SMILES string of the molecule is CC(C)N=C(N)N1CCCc2ccccc21. The minimum atomic E-state index is 0.245. The number of rotatable bonds is 1. The minimum absolute atomic E-state index is 0.245. The Balaban J connectivity index is 2.32. The Morgan fingerprint density at radius 3 is 2.88 bits per heavy atom. The van der Waals surface area contributed by atoms with Crippen molar-refractivity contribution in [2.45, 2.75) is 32.7 Å². The molecule has 1 aliphatic heterocycles. The van der Waals surface area contributed by atoms with Gasteiger partial charge in [0.05, 0.1) is 0 Å². The summed E-state index contributed by atoms with van der Waals surface area (Å²) in [6.07, 6.45) is 2.28. The standard InChI is InChI=1S/C13H19N3/c1-10(2)15-13(14)16-9-5-7-11-6-3-4-8-12(11)16/h3-4,6,8,10H,5,7,9H2,1-2H3,(H2,14,15). The lowest BCUT2D eigenvalue weighted by atomic mass is 10.0. The van der Waals surface area contributed by atoms with Crippen molar-refractivity contribution in [1.29, 1.82) is 0 Å². The number of hydrogen-bond donors (Lipinski definition) is 1. The van der Waals surface area contributed by atoms with Gasteiger partial charge in [0.15, 0.2) is 5.96 Å². The number of anilines is 1. The maximum atomic E-state index is 6.04. The summed E-state index contributed by atoms with van der Waals surface area (Å²) in [5, 5.41) is 0. The highest BCUT2D eigenvalue weighted by Gasteiger charge is 2.18. The van der Waals surface area contributed by atoms with Gasteiger partial charge < -0.3 is 10.6 Å². The predicted molar refractivity (Wildman–Crippen MR) is 68.9 cm³/mol. The molecule has 0 fully saturated rings. The second-order valence-electron chi connectivity index (χ2n) is 4.46. The number of guanidine groups is 1. The molecular weight excluding hydrogens is 198 g/mol. The number of aryl methyl sites for hydroxylation is 1. The van der Waals surface area contributed by atoms with Crippen LogP contribution in [0, 0.1) is 0 Å². The van der Waals surface area contributed by atoms with Crippen molar-refractivity contribution < 1.29 is 0 Å². The Hall–Kier alpha value is -1.51. The van der Waals surface area contributed by atoms with Crippen LogP contribution in [-0.4, -0.2) is 18.5 Å². The molecule has 1 heterocycles. The summed E-state index contributed by atoms with van der Waals surface area (Å²) in [6, 6.07) is 8.67. The summed E-state index contributed by atoms with van der Waals surface area (Å²) in [6.45, 7) is 5.06. The Kier molecular flexibility index (Phi) is 3.13. The molecule has 0 saturated heterocycles. The third-order valence-electron chi connectivity index (χ3n) is 2.78. The number of nitrogens with zero attached hydrogens (tertiary/aromatic N) is 2. The number of aliphatic imine (C=N–C) groups is 1.